The third kappa shape index (κ3) is 5.52. The summed E-state index contributed by atoms with van der Waals surface area (Å²) in [6, 6.07) is 8.97. The van der Waals surface area contributed by atoms with Crippen molar-refractivity contribution in [3.63, 3.8) is 0 Å². The first-order valence-electron chi connectivity index (χ1n) is 7.36. The quantitative estimate of drug-likeness (QED) is 0.691. The molecule has 1 N–H and O–H groups in total. The van der Waals surface area contributed by atoms with Crippen LogP contribution in [-0.2, 0) is 4.74 Å². The Balaban J connectivity index is 1.87. The van der Waals surface area contributed by atoms with Crippen molar-refractivity contribution in [3.05, 3.63) is 34.9 Å². The van der Waals surface area contributed by atoms with Crippen LogP contribution in [0.15, 0.2) is 24.3 Å². The van der Waals surface area contributed by atoms with Gasteiger partial charge in [-0.2, -0.15) is 0 Å². The van der Waals surface area contributed by atoms with E-state index in [0.29, 0.717) is 5.92 Å². The number of hydrogen-bond acceptors (Lipinski definition) is 2. The summed E-state index contributed by atoms with van der Waals surface area (Å²) in [7, 11) is 0. The molecule has 0 aromatic heterocycles. The number of halogens is 1. The minimum absolute atomic E-state index is 0.496. The van der Waals surface area contributed by atoms with E-state index < -0.39 is 0 Å². The molecule has 1 unspecified atom stereocenters. The second-order valence-electron chi connectivity index (χ2n) is 5.34. The first kappa shape index (κ1) is 14.8. The highest BCUT2D eigenvalue weighted by Gasteiger charge is 2.22. The fourth-order valence-corrected chi connectivity index (χ4v) is 2.41. The van der Waals surface area contributed by atoms with E-state index in [2.05, 4.69) is 24.4 Å². The summed E-state index contributed by atoms with van der Waals surface area (Å²) in [6.45, 7) is 4.86. The molecule has 1 aliphatic rings. The molecular weight excluding hydrogens is 258 g/mol. The van der Waals surface area contributed by atoms with Crippen LogP contribution in [0.3, 0.4) is 0 Å². The summed E-state index contributed by atoms with van der Waals surface area (Å²) in [5.41, 5.74) is 1.32. The van der Waals surface area contributed by atoms with Gasteiger partial charge in [0.05, 0.1) is 0 Å². The van der Waals surface area contributed by atoms with Gasteiger partial charge in [0.1, 0.15) is 0 Å². The smallest absolute Gasteiger partial charge is 0.0472 e. The summed E-state index contributed by atoms with van der Waals surface area (Å²) in [4.78, 5) is 0. The fraction of sp³-hybridized carbons (Fsp3) is 0.625. The lowest BCUT2D eigenvalue weighted by molar-refractivity contribution is 0.127. The molecule has 1 atom stereocenters. The van der Waals surface area contributed by atoms with Crippen LogP contribution in [0.2, 0.25) is 5.02 Å². The van der Waals surface area contributed by atoms with Gasteiger partial charge in [-0.25, -0.2) is 0 Å². The second-order valence-corrected chi connectivity index (χ2v) is 5.77. The zero-order valence-electron chi connectivity index (χ0n) is 11.7. The van der Waals surface area contributed by atoms with E-state index in [1.807, 2.05) is 12.1 Å². The topological polar surface area (TPSA) is 21.3 Å². The molecule has 0 amide bonds. The van der Waals surface area contributed by atoms with E-state index in [4.69, 9.17) is 16.3 Å². The summed E-state index contributed by atoms with van der Waals surface area (Å²) in [5, 5.41) is 4.44. The lowest BCUT2D eigenvalue weighted by atomic mass is 9.96. The minimum Gasteiger partial charge on any atom is -0.381 e. The Kier molecular flexibility index (Phi) is 6.15. The molecule has 1 saturated carbocycles. The molecule has 0 bridgehead atoms. The second kappa shape index (κ2) is 7.88. The van der Waals surface area contributed by atoms with Gasteiger partial charge >= 0.3 is 0 Å². The molecular formula is C16H24ClNO. The van der Waals surface area contributed by atoms with E-state index in [1.165, 1.54) is 18.4 Å². The largest absolute Gasteiger partial charge is 0.381 e. The van der Waals surface area contributed by atoms with Crippen molar-refractivity contribution in [3.8, 4) is 0 Å². The van der Waals surface area contributed by atoms with Crippen LogP contribution >= 0.6 is 11.6 Å². The molecule has 1 aromatic carbocycles. The van der Waals surface area contributed by atoms with E-state index in [1.54, 1.807) is 0 Å². The van der Waals surface area contributed by atoms with Crippen LogP contribution in [0.5, 0.6) is 0 Å². The van der Waals surface area contributed by atoms with Crippen LogP contribution in [0.25, 0.3) is 0 Å². The lowest BCUT2D eigenvalue weighted by Crippen LogP contribution is -2.24. The summed E-state index contributed by atoms with van der Waals surface area (Å²) in [5.74, 6) is 0.496. The van der Waals surface area contributed by atoms with Crippen molar-refractivity contribution in [1.82, 2.24) is 5.32 Å². The third-order valence-corrected chi connectivity index (χ3v) is 3.74. The van der Waals surface area contributed by atoms with Crippen molar-refractivity contribution in [2.45, 2.75) is 44.6 Å². The van der Waals surface area contributed by atoms with Gasteiger partial charge in [-0.15, -0.1) is 0 Å². The monoisotopic (exact) mass is 281 g/mol. The van der Waals surface area contributed by atoms with E-state index in [9.17, 15) is 0 Å². The summed E-state index contributed by atoms with van der Waals surface area (Å²) < 4.78 is 5.63. The Morgan fingerprint density at radius 3 is 2.89 bits per heavy atom. The molecule has 0 aliphatic heterocycles. The van der Waals surface area contributed by atoms with Gasteiger partial charge < -0.3 is 10.1 Å². The zero-order valence-corrected chi connectivity index (χ0v) is 12.5. The highest BCUT2D eigenvalue weighted by Crippen LogP contribution is 2.25. The Hall–Kier alpha value is -0.570. The van der Waals surface area contributed by atoms with Crippen molar-refractivity contribution < 1.29 is 4.74 Å². The van der Waals surface area contributed by atoms with Gasteiger partial charge in [0.15, 0.2) is 0 Å². The SMILES string of the molecule is CCCOCCC(CNC1CC1)c1cccc(Cl)c1. The van der Waals surface area contributed by atoms with Crippen LogP contribution < -0.4 is 5.32 Å². The first-order chi connectivity index (χ1) is 9.29. The Morgan fingerprint density at radius 1 is 1.37 bits per heavy atom. The molecule has 2 nitrogen and oxygen atoms in total. The van der Waals surface area contributed by atoms with Crippen molar-refractivity contribution in [2.24, 2.45) is 0 Å². The Bertz CT molecular complexity index is 379. The highest BCUT2D eigenvalue weighted by molar-refractivity contribution is 6.30. The van der Waals surface area contributed by atoms with Crippen molar-refractivity contribution >= 4 is 11.6 Å². The maximum Gasteiger partial charge on any atom is 0.0472 e. The number of rotatable bonds is 9. The molecule has 0 radical (unpaired) electrons. The lowest BCUT2D eigenvalue weighted by Gasteiger charge is -2.18. The van der Waals surface area contributed by atoms with Crippen LogP contribution in [0.1, 0.15) is 44.1 Å². The molecule has 1 aliphatic carbocycles. The van der Waals surface area contributed by atoms with Crippen LogP contribution in [0.4, 0.5) is 0 Å². The zero-order chi connectivity index (χ0) is 13.5. The predicted molar refractivity (Wildman–Crippen MR) is 80.9 cm³/mol. The molecule has 1 fully saturated rings. The molecule has 3 heteroatoms. The van der Waals surface area contributed by atoms with Gasteiger partial charge in [-0.1, -0.05) is 30.7 Å². The number of ether oxygens (including phenoxy) is 1. The van der Waals surface area contributed by atoms with Gasteiger partial charge in [0.2, 0.25) is 0 Å². The molecule has 2 rings (SSSR count). The maximum absolute atomic E-state index is 6.10. The number of nitrogens with one attached hydrogen (secondary N) is 1. The van der Waals surface area contributed by atoms with E-state index >= 15 is 0 Å². The van der Waals surface area contributed by atoms with E-state index in [-0.39, 0.29) is 0 Å². The van der Waals surface area contributed by atoms with Gasteiger partial charge in [0, 0.05) is 30.8 Å². The molecule has 0 heterocycles. The summed E-state index contributed by atoms with van der Waals surface area (Å²) >= 11 is 6.10. The normalized spacial score (nSPS) is 16.5. The number of hydrogen-bond donors (Lipinski definition) is 1. The van der Waals surface area contributed by atoms with Crippen LogP contribution in [0, 0.1) is 0 Å². The molecule has 19 heavy (non-hydrogen) atoms. The van der Waals surface area contributed by atoms with E-state index in [0.717, 1.165) is 43.7 Å². The fourth-order valence-electron chi connectivity index (χ4n) is 2.22. The van der Waals surface area contributed by atoms with Gasteiger partial charge in [-0.3, -0.25) is 0 Å². The Morgan fingerprint density at radius 2 is 2.21 bits per heavy atom. The molecule has 1 aromatic rings. The van der Waals surface area contributed by atoms with Crippen LogP contribution in [-0.4, -0.2) is 25.8 Å². The maximum atomic E-state index is 6.10. The number of benzene rings is 1. The molecule has 0 spiro atoms. The first-order valence-corrected chi connectivity index (χ1v) is 7.74. The van der Waals surface area contributed by atoms with Crippen molar-refractivity contribution in [1.29, 1.82) is 0 Å². The summed E-state index contributed by atoms with van der Waals surface area (Å²) in [6.07, 6.45) is 4.80. The minimum atomic E-state index is 0.496. The molecule has 106 valence electrons. The van der Waals surface area contributed by atoms with Gasteiger partial charge in [0.25, 0.3) is 0 Å². The average molecular weight is 282 g/mol. The van der Waals surface area contributed by atoms with Crippen molar-refractivity contribution in [2.75, 3.05) is 19.8 Å². The Labute approximate surface area is 121 Å². The average Bonchev–Trinajstić information content (AvgIpc) is 3.22. The predicted octanol–water partition coefficient (Wildman–Crippen LogP) is 3.99. The van der Waals surface area contributed by atoms with Gasteiger partial charge in [-0.05, 0) is 49.3 Å². The molecule has 0 saturated heterocycles. The highest BCUT2D eigenvalue weighted by atomic mass is 35.5. The third-order valence-electron chi connectivity index (χ3n) is 3.51. The standard InChI is InChI=1S/C16H24ClNO/c1-2-9-19-10-8-14(12-18-16-6-7-16)13-4-3-5-15(17)11-13/h3-5,11,14,16,18H,2,6-10,12H2,1H3.